The molecule has 7 nitrogen and oxygen atoms in total. The Balaban J connectivity index is 1.51. The lowest BCUT2D eigenvalue weighted by atomic mass is 9.72. The van der Waals surface area contributed by atoms with Gasteiger partial charge in [0.05, 0.1) is 19.1 Å². The summed E-state index contributed by atoms with van der Waals surface area (Å²) in [6.45, 7) is 4.60. The Morgan fingerprint density at radius 3 is 2.75 bits per heavy atom. The first kappa shape index (κ1) is 20.3. The summed E-state index contributed by atoms with van der Waals surface area (Å²) < 4.78 is 13.4. The second-order valence-corrected chi connectivity index (χ2v) is 8.99. The van der Waals surface area contributed by atoms with Crippen molar-refractivity contribution < 1.29 is 14.3 Å². The molecule has 1 aliphatic carbocycles. The number of hydrogen-bond acceptors (Lipinski definition) is 6. The average Bonchev–Trinajstić information content (AvgIpc) is 3.24. The molecule has 2 atom stereocenters. The molecule has 2 aliphatic rings. The third kappa shape index (κ3) is 3.64. The molecule has 0 fully saturated rings. The van der Waals surface area contributed by atoms with E-state index in [-0.39, 0.29) is 23.2 Å². The van der Waals surface area contributed by atoms with Crippen LogP contribution >= 0.6 is 0 Å². The predicted octanol–water partition coefficient (Wildman–Crippen LogP) is 4.38. The Hall–Kier alpha value is -3.61. The van der Waals surface area contributed by atoms with Gasteiger partial charge in [0.15, 0.2) is 11.5 Å². The maximum Gasteiger partial charge on any atom is 0.226 e. The zero-order valence-electron chi connectivity index (χ0n) is 18.4. The van der Waals surface area contributed by atoms with E-state index in [0.29, 0.717) is 30.5 Å². The third-order valence-electron chi connectivity index (χ3n) is 6.03. The number of Topliss-reactive ketones (excluding diaryl/α,β-unsaturated/α-hetero) is 1. The van der Waals surface area contributed by atoms with Gasteiger partial charge in [0.25, 0.3) is 0 Å². The molecule has 1 aliphatic heterocycles. The Kier molecular flexibility index (Phi) is 4.96. The van der Waals surface area contributed by atoms with Gasteiger partial charge in [-0.1, -0.05) is 56.3 Å². The minimum Gasteiger partial charge on any atom is -0.493 e. The Labute approximate surface area is 187 Å². The van der Waals surface area contributed by atoms with Crippen molar-refractivity contribution in [3.8, 4) is 11.5 Å². The van der Waals surface area contributed by atoms with Crippen LogP contribution in [0.4, 0.5) is 5.95 Å². The van der Waals surface area contributed by atoms with Gasteiger partial charge in [0.2, 0.25) is 5.95 Å². The topological polar surface area (TPSA) is 78.3 Å². The van der Waals surface area contributed by atoms with Crippen LogP contribution in [0.1, 0.15) is 37.4 Å². The molecule has 0 amide bonds. The van der Waals surface area contributed by atoms with Crippen molar-refractivity contribution in [1.82, 2.24) is 14.8 Å². The first-order valence-corrected chi connectivity index (χ1v) is 10.7. The summed E-state index contributed by atoms with van der Waals surface area (Å²) in [5.41, 5.74) is 2.69. The summed E-state index contributed by atoms with van der Waals surface area (Å²) in [5, 5.41) is 7.74. The minimum absolute atomic E-state index is 0.189. The number of fused-ring (bicyclic) bond motifs is 2. The zero-order chi connectivity index (χ0) is 22.3. The number of allylic oxidation sites excluding steroid dienone is 2. The van der Waals surface area contributed by atoms with Crippen LogP contribution in [0, 0.1) is 11.3 Å². The third-order valence-corrected chi connectivity index (χ3v) is 6.03. The van der Waals surface area contributed by atoms with Gasteiger partial charge < -0.3 is 14.8 Å². The number of carbonyl (C=O) groups excluding carboxylic acids is 1. The lowest BCUT2D eigenvalue weighted by molar-refractivity contribution is -0.125. The van der Waals surface area contributed by atoms with Crippen molar-refractivity contribution >= 4 is 11.7 Å². The molecule has 2 heterocycles. The molecule has 3 aromatic rings. The first-order valence-electron chi connectivity index (χ1n) is 10.7. The van der Waals surface area contributed by atoms with E-state index in [0.717, 1.165) is 16.8 Å². The highest BCUT2D eigenvalue weighted by Crippen LogP contribution is 2.46. The van der Waals surface area contributed by atoms with Crippen molar-refractivity contribution in [2.75, 3.05) is 12.4 Å². The number of benzene rings is 2. The number of anilines is 1. The number of ketones is 1. The Morgan fingerprint density at radius 1 is 1.16 bits per heavy atom. The van der Waals surface area contributed by atoms with E-state index in [9.17, 15) is 4.79 Å². The van der Waals surface area contributed by atoms with Gasteiger partial charge in [-0.05, 0) is 28.7 Å². The standard InChI is InChI=1S/C25H26N4O3/c1-25(2)12-18-22(19(30)13-25)23(29-24(28-18)26-15-27-29)17-9-10-20(21(11-17)31-3)32-14-16-7-5-4-6-8-16/h4-12,15,22-23H,13-14H2,1-3H3,(H,26,27,28). The molecule has 5 rings (SSSR count). The largest absolute Gasteiger partial charge is 0.493 e. The molecule has 164 valence electrons. The van der Waals surface area contributed by atoms with Gasteiger partial charge in [0.1, 0.15) is 18.7 Å². The van der Waals surface area contributed by atoms with E-state index in [1.165, 1.54) is 6.33 Å². The second kappa shape index (κ2) is 7.82. The van der Waals surface area contributed by atoms with Crippen LogP contribution < -0.4 is 14.8 Å². The normalized spacial score (nSPS) is 21.1. The molecule has 2 aromatic carbocycles. The summed E-state index contributed by atoms with van der Waals surface area (Å²) in [5.74, 6) is 1.74. The summed E-state index contributed by atoms with van der Waals surface area (Å²) >= 11 is 0. The SMILES string of the molecule is COc1cc(C2C3C(=O)CC(C)(C)C=C3Nc3ncnn32)ccc1OCc1ccccc1. The highest BCUT2D eigenvalue weighted by atomic mass is 16.5. The summed E-state index contributed by atoms with van der Waals surface area (Å²) in [6.07, 6.45) is 4.15. The van der Waals surface area contributed by atoms with E-state index in [2.05, 4.69) is 35.3 Å². The smallest absolute Gasteiger partial charge is 0.226 e. The molecule has 7 heteroatoms. The van der Waals surface area contributed by atoms with Crippen LogP contribution in [0.3, 0.4) is 0 Å². The van der Waals surface area contributed by atoms with E-state index in [4.69, 9.17) is 9.47 Å². The van der Waals surface area contributed by atoms with Gasteiger partial charge in [-0.15, -0.1) is 0 Å². The number of rotatable bonds is 5. The summed E-state index contributed by atoms with van der Waals surface area (Å²) in [4.78, 5) is 17.6. The highest BCUT2D eigenvalue weighted by molar-refractivity contribution is 5.88. The fourth-order valence-corrected chi connectivity index (χ4v) is 4.62. The van der Waals surface area contributed by atoms with E-state index in [1.807, 2.05) is 48.5 Å². The van der Waals surface area contributed by atoms with Gasteiger partial charge in [0, 0.05) is 12.1 Å². The number of nitrogens with zero attached hydrogens (tertiary/aromatic N) is 3. The molecular formula is C25H26N4O3. The van der Waals surface area contributed by atoms with Crippen LogP contribution in [0.25, 0.3) is 0 Å². The van der Waals surface area contributed by atoms with E-state index >= 15 is 0 Å². The van der Waals surface area contributed by atoms with Gasteiger partial charge in [-0.2, -0.15) is 10.1 Å². The highest BCUT2D eigenvalue weighted by Gasteiger charge is 2.44. The molecule has 1 N–H and O–H groups in total. The van der Waals surface area contributed by atoms with Gasteiger partial charge >= 0.3 is 0 Å². The fourth-order valence-electron chi connectivity index (χ4n) is 4.62. The summed E-state index contributed by atoms with van der Waals surface area (Å²) in [6, 6.07) is 15.5. The lowest BCUT2D eigenvalue weighted by Crippen LogP contribution is -2.42. The fraction of sp³-hybridized carbons (Fsp3) is 0.320. The lowest BCUT2D eigenvalue weighted by Gasteiger charge is -2.40. The van der Waals surface area contributed by atoms with Crippen molar-refractivity contribution in [2.24, 2.45) is 11.3 Å². The van der Waals surface area contributed by atoms with Crippen molar-refractivity contribution in [2.45, 2.75) is 32.9 Å². The average molecular weight is 431 g/mol. The Bertz CT molecular complexity index is 1180. The molecule has 0 spiro atoms. The number of methoxy groups -OCH3 is 1. The number of aromatic nitrogens is 3. The van der Waals surface area contributed by atoms with Crippen molar-refractivity contribution in [1.29, 1.82) is 0 Å². The number of nitrogens with one attached hydrogen (secondary N) is 1. The number of carbonyl (C=O) groups is 1. The van der Waals surface area contributed by atoms with Crippen LogP contribution in [-0.4, -0.2) is 27.7 Å². The van der Waals surface area contributed by atoms with Crippen molar-refractivity contribution in [3.05, 3.63) is 77.8 Å². The minimum atomic E-state index is -0.349. The van der Waals surface area contributed by atoms with Gasteiger partial charge in [-0.25, -0.2) is 4.68 Å². The Morgan fingerprint density at radius 2 is 1.97 bits per heavy atom. The maximum absolute atomic E-state index is 13.2. The molecule has 0 radical (unpaired) electrons. The maximum atomic E-state index is 13.2. The van der Waals surface area contributed by atoms with Crippen molar-refractivity contribution in [3.63, 3.8) is 0 Å². The first-order chi connectivity index (χ1) is 15.4. The second-order valence-electron chi connectivity index (χ2n) is 8.99. The zero-order valence-corrected chi connectivity index (χ0v) is 18.4. The van der Waals surface area contributed by atoms with E-state index < -0.39 is 0 Å². The monoisotopic (exact) mass is 430 g/mol. The predicted molar refractivity (Wildman–Crippen MR) is 121 cm³/mol. The van der Waals surface area contributed by atoms with Crippen LogP contribution in [0.5, 0.6) is 11.5 Å². The molecule has 0 saturated carbocycles. The number of hydrogen-bond donors (Lipinski definition) is 1. The molecule has 32 heavy (non-hydrogen) atoms. The quantitative estimate of drug-likeness (QED) is 0.647. The molecule has 0 bridgehead atoms. The summed E-state index contributed by atoms with van der Waals surface area (Å²) in [7, 11) is 1.62. The van der Waals surface area contributed by atoms with Crippen LogP contribution in [-0.2, 0) is 11.4 Å². The van der Waals surface area contributed by atoms with Gasteiger partial charge in [-0.3, -0.25) is 4.79 Å². The van der Waals surface area contributed by atoms with Crippen LogP contribution in [0.2, 0.25) is 0 Å². The van der Waals surface area contributed by atoms with E-state index in [1.54, 1.807) is 11.8 Å². The molecule has 1 aromatic heterocycles. The van der Waals surface area contributed by atoms with Crippen LogP contribution in [0.15, 0.2) is 66.6 Å². The molecule has 0 saturated heterocycles. The molecule has 2 unspecified atom stereocenters. The number of ether oxygens (including phenoxy) is 2. The molecular weight excluding hydrogens is 404 g/mol.